The highest BCUT2D eigenvalue weighted by Crippen LogP contribution is 2.21. The Morgan fingerprint density at radius 3 is 2.31 bits per heavy atom. The zero-order chi connectivity index (χ0) is 9.73. The van der Waals surface area contributed by atoms with Gasteiger partial charge in [-0.25, -0.2) is 0 Å². The third kappa shape index (κ3) is 5.30. The van der Waals surface area contributed by atoms with Gasteiger partial charge in [-0.05, 0) is 37.6 Å². The van der Waals surface area contributed by atoms with Gasteiger partial charge in [0.15, 0.2) is 0 Å². The molecule has 1 aliphatic carbocycles. The third-order valence-corrected chi connectivity index (χ3v) is 2.89. The summed E-state index contributed by atoms with van der Waals surface area (Å²) in [6.07, 6.45) is 8.38. The molecule has 1 N–H and O–H groups in total. The van der Waals surface area contributed by atoms with Crippen LogP contribution >= 0.6 is 0 Å². The van der Waals surface area contributed by atoms with Gasteiger partial charge in [0.25, 0.3) is 0 Å². The van der Waals surface area contributed by atoms with Crippen LogP contribution in [0.15, 0.2) is 0 Å². The van der Waals surface area contributed by atoms with Crippen LogP contribution in [0.4, 0.5) is 0 Å². The number of rotatable bonds is 4. The van der Waals surface area contributed by atoms with Crippen LogP contribution in [-0.2, 0) is 0 Å². The molecule has 1 saturated carbocycles. The fourth-order valence-corrected chi connectivity index (χ4v) is 2.05. The van der Waals surface area contributed by atoms with Crippen LogP contribution in [0.3, 0.4) is 0 Å². The predicted molar refractivity (Wildman–Crippen MR) is 58.9 cm³/mol. The lowest BCUT2D eigenvalue weighted by Crippen LogP contribution is -2.27. The van der Waals surface area contributed by atoms with Crippen molar-refractivity contribution in [1.82, 2.24) is 5.32 Å². The van der Waals surface area contributed by atoms with Crippen LogP contribution < -0.4 is 5.32 Å². The van der Waals surface area contributed by atoms with E-state index in [-0.39, 0.29) is 0 Å². The first-order valence-corrected chi connectivity index (χ1v) is 5.81. The van der Waals surface area contributed by atoms with Gasteiger partial charge < -0.3 is 5.32 Å². The van der Waals surface area contributed by atoms with Gasteiger partial charge in [0.1, 0.15) is 0 Å². The first kappa shape index (κ1) is 11.0. The summed E-state index contributed by atoms with van der Waals surface area (Å²) in [6, 6.07) is 0.847. The van der Waals surface area contributed by atoms with E-state index in [0.29, 0.717) is 5.41 Å². The highest BCUT2D eigenvalue weighted by molar-refractivity contribution is 4.73. The Balaban J connectivity index is 1.94. The Hall–Kier alpha value is -0.0400. The van der Waals surface area contributed by atoms with Crippen molar-refractivity contribution in [1.29, 1.82) is 0 Å². The molecule has 1 aliphatic rings. The molecule has 0 amide bonds. The highest BCUT2D eigenvalue weighted by Gasteiger charge is 2.14. The zero-order valence-electron chi connectivity index (χ0n) is 9.53. The molecular weight excluding hydrogens is 158 g/mol. The average Bonchev–Trinajstić information content (AvgIpc) is 2.48. The topological polar surface area (TPSA) is 12.0 Å². The van der Waals surface area contributed by atoms with E-state index < -0.39 is 0 Å². The van der Waals surface area contributed by atoms with Crippen LogP contribution in [-0.4, -0.2) is 12.6 Å². The molecule has 13 heavy (non-hydrogen) atoms. The summed E-state index contributed by atoms with van der Waals surface area (Å²) in [5.41, 5.74) is 0.511. The van der Waals surface area contributed by atoms with Crippen molar-refractivity contribution in [3.05, 3.63) is 0 Å². The Kier molecular flexibility index (Phi) is 4.24. The quantitative estimate of drug-likeness (QED) is 0.659. The van der Waals surface area contributed by atoms with Crippen molar-refractivity contribution in [3.63, 3.8) is 0 Å². The van der Waals surface area contributed by atoms with Gasteiger partial charge in [-0.1, -0.05) is 33.6 Å². The minimum Gasteiger partial charge on any atom is -0.314 e. The highest BCUT2D eigenvalue weighted by atomic mass is 14.9. The maximum Gasteiger partial charge on any atom is 0.00670 e. The molecule has 1 heteroatoms. The number of hydrogen-bond acceptors (Lipinski definition) is 1. The average molecular weight is 183 g/mol. The van der Waals surface area contributed by atoms with E-state index in [1.807, 2.05) is 0 Å². The minimum absolute atomic E-state index is 0.511. The van der Waals surface area contributed by atoms with E-state index in [0.717, 1.165) is 6.04 Å². The molecule has 0 saturated heterocycles. The van der Waals surface area contributed by atoms with Gasteiger partial charge in [-0.3, -0.25) is 0 Å². The molecule has 1 nitrogen and oxygen atoms in total. The second-order valence-electron chi connectivity index (χ2n) is 5.60. The van der Waals surface area contributed by atoms with Gasteiger partial charge in [0.2, 0.25) is 0 Å². The largest absolute Gasteiger partial charge is 0.314 e. The molecule has 0 aliphatic heterocycles. The maximum atomic E-state index is 3.65. The summed E-state index contributed by atoms with van der Waals surface area (Å²) in [5.74, 6) is 0. The molecule has 0 atom stereocenters. The Morgan fingerprint density at radius 1 is 1.15 bits per heavy atom. The molecule has 0 aromatic carbocycles. The SMILES string of the molecule is CC(C)(C)CCCNC1CCCC1. The standard InChI is InChI=1S/C12H25N/c1-12(2,3)9-6-10-13-11-7-4-5-8-11/h11,13H,4-10H2,1-3H3. The van der Waals surface area contributed by atoms with Gasteiger partial charge >= 0.3 is 0 Å². The summed E-state index contributed by atoms with van der Waals surface area (Å²) in [7, 11) is 0. The van der Waals surface area contributed by atoms with Gasteiger partial charge in [-0.2, -0.15) is 0 Å². The molecule has 0 radical (unpaired) electrons. The molecule has 0 spiro atoms. The monoisotopic (exact) mass is 183 g/mol. The Labute approximate surface area is 83.3 Å². The Morgan fingerprint density at radius 2 is 1.77 bits per heavy atom. The fraction of sp³-hybridized carbons (Fsp3) is 1.00. The molecule has 1 fully saturated rings. The number of hydrogen-bond donors (Lipinski definition) is 1. The van der Waals surface area contributed by atoms with Crippen molar-refractivity contribution in [2.24, 2.45) is 5.41 Å². The first-order valence-electron chi connectivity index (χ1n) is 5.81. The van der Waals surface area contributed by atoms with Crippen molar-refractivity contribution >= 4 is 0 Å². The van der Waals surface area contributed by atoms with Crippen molar-refractivity contribution in [2.45, 2.75) is 65.3 Å². The normalized spacial score (nSPS) is 19.6. The molecule has 0 bridgehead atoms. The summed E-state index contributed by atoms with van der Waals surface area (Å²) in [6.45, 7) is 8.19. The van der Waals surface area contributed by atoms with Crippen molar-refractivity contribution in [2.75, 3.05) is 6.54 Å². The first-order chi connectivity index (χ1) is 6.08. The van der Waals surface area contributed by atoms with E-state index in [2.05, 4.69) is 26.1 Å². The molecular formula is C12H25N. The molecule has 0 aromatic rings. The molecule has 0 aromatic heterocycles. The second kappa shape index (κ2) is 4.99. The summed E-state index contributed by atoms with van der Waals surface area (Å²) >= 11 is 0. The van der Waals surface area contributed by atoms with Gasteiger partial charge in [0.05, 0.1) is 0 Å². The molecule has 1 rings (SSSR count). The van der Waals surface area contributed by atoms with Crippen LogP contribution in [0.25, 0.3) is 0 Å². The van der Waals surface area contributed by atoms with E-state index in [4.69, 9.17) is 0 Å². The summed E-state index contributed by atoms with van der Waals surface area (Å²) in [5, 5.41) is 3.65. The lowest BCUT2D eigenvalue weighted by Gasteiger charge is -2.19. The van der Waals surface area contributed by atoms with E-state index >= 15 is 0 Å². The third-order valence-electron chi connectivity index (χ3n) is 2.89. The van der Waals surface area contributed by atoms with E-state index in [9.17, 15) is 0 Å². The van der Waals surface area contributed by atoms with Gasteiger partial charge in [0, 0.05) is 6.04 Å². The summed E-state index contributed by atoms with van der Waals surface area (Å²) in [4.78, 5) is 0. The van der Waals surface area contributed by atoms with Gasteiger partial charge in [-0.15, -0.1) is 0 Å². The molecule has 0 unspecified atom stereocenters. The van der Waals surface area contributed by atoms with Crippen molar-refractivity contribution < 1.29 is 0 Å². The zero-order valence-corrected chi connectivity index (χ0v) is 9.53. The summed E-state index contributed by atoms with van der Waals surface area (Å²) < 4.78 is 0. The molecule has 0 heterocycles. The number of nitrogens with one attached hydrogen (secondary N) is 1. The van der Waals surface area contributed by atoms with Crippen LogP contribution in [0.5, 0.6) is 0 Å². The van der Waals surface area contributed by atoms with Crippen molar-refractivity contribution in [3.8, 4) is 0 Å². The fourth-order valence-electron chi connectivity index (χ4n) is 2.05. The van der Waals surface area contributed by atoms with Crippen LogP contribution in [0.2, 0.25) is 0 Å². The van der Waals surface area contributed by atoms with Crippen LogP contribution in [0.1, 0.15) is 59.3 Å². The predicted octanol–water partition coefficient (Wildman–Crippen LogP) is 3.34. The second-order valence-corrected chi connectivity index (χ2v) is 5.60. The minimum atomic E-state index is 0.511. The van der Waals surface area contributed by atoms with E-state index in [1.54, 1.807) is 0 Å². The smallest absolute Gasteiger partial charge is 0.00670 e. The van der Waals surface area contributed by atoms with Crippen LogP contribution in [0, 0.1) is 5.41 Å². The van der Waals surface area contributed by atoms with E-state index in [1.165, 1.54) is 45.1 Å². The lowest BCUT2D eigenvalue weighted by molar-refractivity contribution is 0.355. The Bertz CT molecular complexity index is 129. The lowest BCUT2D eigenvalue weighted by atomic mass is 9.90. The maximum absolute atomic E-state index is 3.65. The molecule has 78 valence electrons.